The van der Waals surface area contributed by atoms with Crippen LogP contribution in [0.4, 0.5) is 0 Å². The van der Waals surface area contributed by atoms with Gasteiger partial charge < -0.3 is 4.57 Å². The molecule has 6 aromatic carbocycles. The average Bonchev–Trinajstić information content (AvgIpc) is 3.68. The van der Waals surface area contributed by atoms with Gasteiger partial charge >= 0.3 is 0 Å². The van der Waals surface area contributed by atoms with E-state index in [2.05, 4.69) is 165 Å². The maximum absolute atomic E-state index is 5.34. The van der Waals surface area contributed by atoms with Crippen LogP contribution < -0.4 is 10.4 Å². The van der Waals surface area contributed by atoms with Crippen molar-refractivity contribution in [3.8, 4) is 50.7 Å². The molecule has 0 atom stereocenters. The van der Waals surface area contributed by atoms with Crippen LogP contribution in [0.5, 0.6) is 0 Å². The first-order chi connectivity index (χ1) is 23.8. The van der Waals surface area contributed by atoms with Crippen molar-refractivity contribution in [3.05, 3.63) is 151 Å². The summed E-state index contributed by atoms with van der Waals surface area (Å²) in [6.45, 7) is 9.73. The molecule has 0 saturated carbocycles. The van der Waals surface area contributed by atoms with Crippen LogP contribution in [-0.2, 0) is 5.41 Å². The van der Waals surface area contributed by atoms with Crippen LogP contribution in [0.15, 0.2) is 140 Å². The van der Waals surface area contributed by atoms with Gasteiger partial charge in [0.15, 0.2) is 5.82 Å². The second kappa shape index (κ2) is 9.97. The lowest BCUT2D eigenvalue weighted by Gasteiger charge is -2.24. The smallest absolute Gasteiger partial charge is 0.160 e. The number of nitrogens with zero attached hydrogens (tertiary/aromatic N) is 3. The first-order valence-corrected chi connectivity index (χ1v) is 20.2. The van der Waals surface area contributed by atoms with Gasteiger partial charge in [0.05, 0.1) is 22.4 Å². The number of aromatic nitrogens is 3. The molecule has 0 bridgehead atoms. The minimum absolute atomic E-state index is 0.132. The lowest BCUT2D eigenvalue weighted by molar-refractivity contribution is 0.664. The summed E-state index contributed by atoms with van der Waals surface area (Å²) in [5.41, 5.74) is 14.7. The molecule has 3 nitrogen and oxygen atoms in total. The molecule has 0 amide bonds. The van der Waals surface area contributed by atoms with E-state index in [1.165, 1.54) is 65.7 Å². The number of fused-ring (bicyclic) bond motifs is 10. The van der Waals surface area contributed by atoms with Gasteiger partial charge in [-0.2, -0.15) is 0 Å². The Morgan fingerprint density at radius 3 is 2.02 bits per heavy atom. The van der Waals surface area contributed by atoms with Gasteiger partial charge in [-0.25, -0.2) is 9.97 Å². The predicted molar refractivity (Wildman–Crippen MR) is 207 cm³/mol. The van der Waals surface area contributed by atoms with Crippen LogP contribution >= 0.6 is 0 Å². The van der Waals surface area contributed by atoms with E-state index in [1.807, 2.05) is 6.07 Å². The maximum Gasteiger partial charge on any atom is 0.160 e. The molecule has 0 spiro atoms. The molecule has 0 unspecified atom stereocenters. The quantitative estimate of drug-likeness (QED) is 0.179. The highest BCUT2D eigenvalue weighted by molar-refractivity contribution is 7.04. The van der Waals surface area contributed by atoms with E-state index in [4.69, 9.17) is 9.97 Å². The van der Waals surface area contributed by atoms with E-state index in [0.717, 1.165) is 28.3 Å². The minimum atomic E-state index is -2.25. The Kier molecular flexibility index (Phi) is 5.79. The van der Waals surface area contributed by atoms with Crippen molar-refractivity contribution in [1.29, 1.82) is 0 Å². The molecular formula is C45H35N3Si. The second-order valence-electron chi connectivity index (χ2n) is 14.6. The van der Waals surface area contributed by atoms with Crippen molar-refractivity contribution in [3.63, 3.8) is 0 Å². The lowest BCUT2D eigenvalue weighted by Crippen LogP contribution is -2.50. The fraction of sp³-hybridized carbons (Fsp3) is 0.111. The predicted octanol–water partition coefficient (Wildman–Crippen LogP) is 10.0. The van der Waals surface area contributed by atoms with Crippen LogP contribution in [0, 0.1) is 0 Å². The average molecular weight is 646 g/mol. The number of hydrogen-bond acceptors (Lipinski definition) is 2. The third-order valence-electron chi connectivity index (χ3n) is 11.2. The summed E-state index contributed by atoms with van der Waals surface area (Å²) >= 11 is 0. The highest BCUT2D eigenvalue weighted by Crippen LogP contribution is 2.53. The van der Waals surface area contributed by atoms with Gasteiger partial charge in [0, 0.05) is 33.0 Å². The molecule has 0 fully saturated rings. The second-order valence-corrected chi connectivity index (χ2v) is 18.9. The topological polar surface area (TPSA) is 30.7 Å². The van der Waals surface area contributed by atoms with Crippen molar-refractivity contribution in [2.24, 2.45) is 0 Å². The Balaban J connectivity index is 1.25. The van der Waals surface area contributed by atoms with Crippen LogP contribution in [0.3, 0.4) is 0 Å². The van der Waals surface area contributed by atoms with Gasteiger partial charge in [0.2, 0.25) is 0 Å². The molecule has 49 heavy (non-hydrogen) atoms. The third kappa shape index (κ3) is 3.83. The number of para-hydroxylation sites is 1. The molecule has 4 heteroatoms. The largest absolute Gasteiger partial charge is 0.309 e. The Hall–Kier alpha value is -5.58. The van der Waals surface area contributed by atoms with E-state index in [9.17, 15) is 0 Å². The maximum atomic E-state index is 5.34. The van der Waals surface area contributed by atoms with Crippen molar-refractivity contribution < 1.29 is 0 Å². The van der Waals surface area contributed by atoms with E-state index >= 15 is 0 Å². The molecule has 8 aromatic rings. The fourth-order valence-electron chi connectivity index (χ4n) is 8.88. The van der Waals surface area contributed by atoms with Crippen LogP contribution in [0.2, 0.25) is 13.1 Å². The van der Waals surface area contributed by atoms with Gasteiger partial charge in [-0.3, -0.25) is 0 Å². The van der Waals surface area contributed by atoms with Gasteiger partial charge in [0.25, 0.3) is 0 Å². The molecule has 1 aliphatic carbocycles. The van der Waals surface area contributed by atoms with Crippen LogP contribution in [0.25, 0.3) is 72.5 Å². The molecule has 1 aliphatic heterocycles. The molecule has 10 rings (SSSR count). The lowest BCUT2D eigenvalue weighted by atomic mass is 9.81. The highest BCUT2D eigenvalue weighted by Gasteiger charge is 2.43. The number of rotatable bonds is 3. The molecule has 234 valence electrons. The van der Waals surface area contributed by atoms with E-state index in [-0.39, 0.29) is 5.41 Å². The van der Waals surface area contributed by atoms with Gasteiger partial charge in [-0.1, -0.05) is 148 Å². The Labute approximate surface area is 287 Å². The zero-order chi connectivity index (χ0) is 33.1. The van der Waals surface area contributed by atoms with E-state index in [1.54, 1.807) is 0 Å². The SMILES string of the molecule is CC1(C)c2ccccc2-c2ccc3c4ccccc4n(-c4ccc5c(c4)[Si](C)(C)c4c(-c6ccccc6)nc(-c6ccccc6)nc4-5)c3c21. The van der Waals surface area contributed by atoms with E-state index < -0.39 is 8.07 Å². The molecule has 0 radical (unpaired) electrons. The summed E-state index contributed by atoms with van der Waals surface area (Å²) < 4.78 is 2.55. The third-order valence-corrected chi connectivity index (χ3v) is 14.6. The molecule has 2 aromatic heterocycles. The minimum Gasteiger partial charge on any atom is -0.309 e. The summed E-state index contributed by atoms with van der Waals surface area (Å²) in [5, 5.41) is 5.33. The normalized spacial score (nSPS) is 14.9. The van der Waals surface area contributed by atoms with Gasteiger partial charge in [0.1, 0.15) is 8.07 Å². The Bertz CT molecular complexity index is 2650. The summed E-state index contributed by atoms with van der Waals surface area (Å²) in [6.07, 6.45) is 0. The summed E-state index contributed by atoms with van der Waals surface area (Å²) in [5.74, 6) is 0.777. The zero-order valence-corrected chi connectivity index (χ0v) is 29.1. The van der Waals surface area contributed by atoms with Gasteiger partial charge in [-0.15, -0.1) is 0 Å². The van der Waals surface area contributed by atoms with Crippen LogP contribution in [0.1, 0.15) is 25.0 Å². The van der Waals surface area contributed by atoms with Crippen molar-refractivity contribution in [1.82, 2.24) is 14.5 Å². The summed E-state index contributed by atoms with van der Waals surface area (Å²) in [4.78, 5) is 10.7. The number of benzene rings is 6. The van der Waals surface area contributed by atoms with Crippen molar-refractivity contribution >= 4 is 40.3 Å². The van der Waals surface area contributed by atoms with Gasteiger partial charge in [-0.05, 0) is 56.4 Å². The van der Waals surface area contributed by atoms with Crippen molar-refractivity contribution in [2.45, 2.75) is 32.4 Å². The molecule has 3 heterocycles. The molecule has 0 N–H and O–H groups in total. The van der Waals surface area contributed by atoms with Crippen molar-refractivity contribution in [2.75, 3.05) is 0 Å². The monoisotopic (exact) mass is 645 g/mol. The first kappa shape index (κ1) is 28.4. The molecule has 0 saturated heterocycles. The fourth-order valence-corrected chi connectivity index (χ4v) is 12.1. The summed E-state index contributed by atoms with van der Waals surface area (Å²) in [6, 6.07) is 50.8. The van der Waals surface area contributed by atoms with Crippen LogP contribution in [-0.4, -0.2) is 22.6 Å². The number of hydrogen-bond donors (Lipinski definition) is 0. The molecular weight excluding hydrogens is 611 g/mol. The zero-order valence-electron chi connectivity index (χ0n) is 28.1. The molecule has 2 aliphatic rings. The standard InChI is InChI=1S/C45H35N3Si/c1-45(2)36-21-13-11-19-31(36)33-25-26-34-32-20-12-14-22-37(32)48(42(34)39(33)45)30-23-24-35-38(27-30)49(3,4)43-40(28-15-7-5-8-16-28)46-44(47-41(35)43)29-17-9-6-10-18-29/h5-27H,1-4H3. The highest BCUT2D eigenvalue weighted by atomic mass is 28.3. The first-order valence-electron chi connectivity index (χ1n) is 17.2. The van der Waals surface area contributed by atoms with E-state index in [0.29, 0.717) is 0 Å². The summed E-state index contributed by atoms with van der Waals surface area (Å²) in [7, 11) is -2.25. The Morgan fingerprint density at radius 1 is 0.571 bits per heavy atom. The Morgan fingerprint density at radius 2 is 1.22 bits per heavy atom.